The van der Waals surface area contributed by atoms with Crippen molar-refractivity contribution in [3.63, 3.8) is 0 Å². The number of aromatic nitrogens is 1. The van der Waals surface area contributed by atoms with Crippen LogP contribution in [0.25, 0.3) is 10.9 Å². The average Bonchev–Trinajstić information content (AvgIpc) is 2.78. The van der Waals surface area contributed by atoms with Crippen molar-refractivity contribution in [1.82, 2.24) is 4.98 Å². The van der Waals surface area contributed by atoms with E-state index in [-0.39, 0.29) is 6.04 Å². The Kier molecular flexibility index (Phi) is 2.94. The number of nitrogens with two attached hydrogens (primary N) is 1. The summed E-state index contributed by atoms with van der Waals surface area (Å²) in [6, 6.07) is 3.68. The van der Waals surface area contributed by atoms with Gasteiger partial charge in [0.15, 0.2) is 0 Å². The number of H-pyrrole nitrogens is 1. The SMILES string of the molecule is COc1cc(C)c2[nH]c3c(c2c1)C(N)CC(C(=O)O)C3. The number of aliphatic carboxylic acids is 1. The van der Waals surface area contributed by atoms with Gasteiger partial charge in [0, 0.05) is 29.1 Å². The fourth-order valence-electron chi connectivity index (χ4n) is 3.16. The normalized spacial score (nSPS) is 21.8. The molecule has 4 N–H and O–H groups in total. The summed E-state index contributed by atoms with van der Waals surface area (Å²) in [6.45, 7) is 2.01. The van der Waals surface area contributed by atoms with Crippen LogP contribution in [-0.4, -0.2) is 23.2 Å². The Morgan fingerprint density at radius 3 is 2.90 bits per heavy atom. The fraction of sp³-hybridized carbons (Fsp3) is 0.400. The number of rotatable bonds is 2. The zero-order valence-electron chi connectivity index (χ0n) is 11.6. The predicted octanol–water partition coefficient (Wildman–Crippen LogP) is 2.13. The van der Waals surface area contributed by atoms with E-state index < -0.39 is 11.9 Å². The quantitative estimate of drug-likeness (QED) is 0.782. The summed E-state index contributed by atoms with van der Waals surface area (Å²) in [4.78, 5) is 14.6. The van der Waals surface area contributed by atoms with Crippen molar-refractivity contribution >= 4 is 16.9 Å². The number of fused-ring (bicyclic) bond motifs is 3. The topological polar surface area (TPSA) is 88.3 Å². The maximum Gasteiger partial charge on any atom is 0.306 e. The van der Waals surface area contributed by atoms with Crippen LogP contribution in [0.2, 0.25) is 0 Å². The van der Waals surface area contributed by atoms with Crippen molar-refractivity contribution in [2.75, 3.05) is 7.11 Å². The molecule has 1 heterocycles. The zero-order chi connectivity index (χ0) is 14.4. The third-order valence-corrected chi connectivity index (χ3v) is 4.14. The second-order valence-electron chi connectivity index (χ2n) is 5.47. The smallest absolute Gasteiger partial charge is 0.306 e. The van der Waals surface area contributed by atoms with Gasteiger partial charge in [0.1, 0.15) is 5.75 Å². The van der Waals surface area contributed by atoms with E-state index >= 15 is 0 Å². The van der Waals surface area contributed by atoms with Gasteiger partial charge in [-0.05, 0) is 36.6 Å². The van der Waals surface area contributed by atoms with Crippen LogP contribution in [0.5, 0.6) is 5.75 Å². The number of carboxylic acids is 1. The van der Waals surface area contributed by atoms with E-state index in [0.717, 1.165) is 33.5 Å². The number of methoxy groups -OCH3 is 1. The summed E-state index contributed by atoms with van der Waals surface area (Å²) in [7, 11) is 1.64. The summed E-state index contributed by atoms with van der Waals surface area (Å²) < 4.78 is 5.31. The molecular weight excluding hydrogens is 256 g/mol. The monoisotopic (exact) mass is 274 g/mol. The van der Waals surface area contributed by atoms with Crippen LogP contribution < -0.4 is 10.5 Å². The first-order chi connectivity index (χ1) is 9.51. The van der Waals surface area contributed by atoms with Crippen molar-refractivity contribution in [3.05, 3.63) is 29.0 Å². The van der Waals surface area contributed by atoms with Gasteiger partial charge in [0.05, 0.1) is 13.0 Å². The molecule has 0 aliphatic heterocycles. The Morgan fingerprint density at radius 1 is 1.50 bits per heavy atom. The predicted molar refractivity (Wildman–Crippen MR) is 76.0 cm³/mol. The molecule has 3 rings (SSSR count). The molecule has 0 fully saturated rings. The fourth-order valence-corrected chi connectivity index (χ4v) is 3.16. The number of aromatic amines is 1. The highest BCUT2D eigenvalue weighted by molar-refractivity contribution is 5.90. The molecule has 0 radical (unpaired) electrons. The van der Waals surface area contributed by atoms with Crippen molar-refractivity contribution in [2.45, 2.75) is 25.8 Å². The molecule has 1 aromatic heterocycles. The van der Waals surface area contributed by atoms with Gasteiger partial charge in [-0.25, -0.2) is 0 Å². The van der Waals surface area contributed by atoms with Crippen LogP contribution in [0.4, 0.5) is 0 Å². The first-order valence-electron chi connectivity index (χ1n) is 6.68. The Morgan fingerprint density at radius 2 is 2.25 bits per heavy atom. The van der Waals surface area contributed by atoms with Gasteiger partial charge < -0.3 is 20.6 Å². The average molecular weight is 274 g/mol. The zero-order valence-corrected chi connectivity index (χ0v) is 11.6. The maximum absolute atomic E-state index is 11.2. The van der Waals surface area contributed by atoms with Crippen LogP contribution >= 0.6 is 0 Å². The molecular formula is C15H18N2O3. The van der Waals surface area contributed by atoms with Gasteiger partial charge in [-0.1, -0.05) is 0 Å². The van der Waals surface area contributed by atoms with Gasteiger partial charge in [-0.15, -0.1) is 0 Å². The Bertz CT molecular complexity index is 690. The molecule has 1 aromatic carbocycles. The van der Waals surface area contributed by atoms with Crippen molar-refractivity contribution < 1.29 is 14.6 Å². The number of benzene rings is 1. The first-order valence-corrected chi connectivity index (χ1v) is 6.68. The standard InChI is InChI=1S/C15H18N2O3/c1-7-3-9(20-2)6-10-13-11(16)4-8(15(18)19)5-12(13)17-14(7)10/h3,6,8,11,17H,4-5,16H2,1-2H3,(H,18,19). The summed E-state index contributed by atoms with van der Waals surface area (Å²) in [5.74, 6) is -0.392. The molecule has 0 spiro atoms. The van der Waals surface area contributed by atoms with E-state index in [2.05, 4.69) is 4.98 Å². The Labute approximate surface area is 116 Å². The number of nitrogens with one attached hydrogen (secondary N) is 1. The minimum absolute atomic E-state index is 0.250. The van der Waals surface area contributed by atoms with Crippen LogP contribution in [0, 0.1) is 12.8 Å². The molecule has 1 aliphatic carbocycles. The lowest BCUT2D eigenvalue weighted by Crippen LogP contribution is -2.28. The highest BCUT2D eigenvalue weighted by Gasteiger charge is 2.32. The Balaban J connectivity index is 2.19. The van der Waals surface area contributed by atoms with E-state index in [0.29, 0.717) is 12.8 Å². The van der Waals surface area contributed by atoms with Crippen molar-refractivity contribution in [1.29, 1.82) is 0 Å². The second-order valence-corrected chi connectivity index (χ2v) is 5.47. The van der Waals surface area contributed by atoms with E-state index in [9.17, 15) is 9.90 Å². The minimum Gasteiger partial charge on any atom is -0.497 e. The molecule has 0 amide bonds. The lowest BCUT2D eigenvalue weighted by molar-refractivity contribution is -0.142. The molecule has 1 aliphatic rings. The van der Waals surface area contributed by atoms with Gasteiger partial charge in [-0.3, -0.25) is 4.79 Å². The number of hydrogen-bond acceptors (Lipinski definition) is 3. The molecule has 2 unspecified atom stereocenters. The van der Waals surface area contributed by atoms with Crippen molar-refractivity contribution in [2.24, 2.45) is 11.7 Å². The molecule has 0 saturated carbocycles. The lowest BCUT2D eigenvalue weighted by Gasteiger charge is -2.24. The summed E-state index contributed by atoms with van der Waals surface area (Å²) in [5, 5.41) is 10.3. The van der Waals surface area contributed by atoms with Gasteiger partial charge in [0.2, 0.25) is 0 Å². The first kappa shape index (κ1) is 13.0. The number of ether oxygens (including phenoxy) is 1. The number of aryl methyl sites for hydroxylation is 1. The third-order valence-electron chi connectivity index (χ3n) is 4.14. The van der Waals surface area contributed by atoms with E-state index in [4.69, 9.17) is 10.5 Å². The van der Waals surface area contributed by atoms with Crippen molar-refractivity contribution in [3.8, 4) is 5.75 Å². The summed E-state index contributed by atoms with van der Waals surface area (Å²) in [6.07, 6.45) is 0.986. The maximum atomic E-state index is 11.2. The van der Waals surface area contributed by atoms with Gasteiger partial charge in [0.25, 0.3) is 0 Å². The number of carbonyl (C=O) groups is 1. The molecule has 2 atom stereocenters. The highest BCUT2D eigenvalue weighted by Crippen LogP contribution is 2.39. The van der Waals surface area contributed by atoms with Crippen LogP contribution in [-0.2, 0) is 11.2 Å². The molecule has 5 heteroatoms. The Hall–Kier alpha value is -2.01. The molecule has 106 valence electrons. The van der Waals surface area contributed by atoms with E-state index in [1.165, 1.54) is 0 Å². The molecule has 0 bridgehead atoms. The second kappa shape index (κ2) is 4.52. The van der Waals surface area contributed by atoms with Gasteiger partial charge >= 0.3 is 5.97 Å². The lowest BCUT2D eigenvalue weighted by atomic mass is 9.83. The minimum atomic E-state index is -0.779. The molecule has 5 nitrogen and oxygen atoms in total. The van der Waals surface area contributed by atoms with E-state index in [1.807, 2.05) is 19.1 Å². The molecule has 0 saturated heterocycles. The highest BCUT2D eigenvalue weighted by atomic mass is 16.5. The largest absolute Gasteiger partial charge is 0.497 e. The third kappa shape index (κ3) is 1.86. The summed E-state index contributed by atoms with van der Waals surface area (Å²) >= 11 is 0. The number of carboxylic acid groups (broad SMARTS) is 1. The number of hydrogen-bond donors (Lipinski definition) is 3. The van der Waals surface area contributed by atoms with E-state index in [1.54, 1.807) is 7.11 Å². The van der Waals surface area contributed by atoms with Crippen LogP contribution in [0.1, 0.15) is 29.3 Å². The molecule has 20 heavy (non-hydrogen) atoms. The summed E-state index contributed by atoms with van der Waals surface area (Å²) in [5.41, 5.74) is 10.3. The molecule has 2 aromatic rings. The van der Waals surface area contributed by atoms with Crippen LogP contribution in [0.15, 0.2) is 12.1 Å². The van der Waals surface area contributed by atoms with Gasteiger partial charge in [-0.2, -0.15) is 0 Å². The van der Waals surface area contributed by atoms with Crippen LogP contribution in [0.3, 0.4) is 0 Å².